The van der Waals surface area contributed by atoms with Gasteiger partial charge in [0, 0.05) is 81.9 Å². The van der Waals surface area contributed by atoms with Crippen LogP contribution in [0.1, 0.15) is 24.2 Å². The Labute approximate surface area is 297 Å². The molecule has 2 unspecified atom stereocenters. The van der Waals surface area contributed by atoms with Crippen LogP contribution in [-0.4, -0.2) is 166 Å². The second kappa shape index (κ2) is 21.2. The van der Waals surface area contributed by atoms with Gasteiger partial charge in [-0.15, -0.1) is 0 Å². The summed E-state index contributed by atoms with van der Waals surface area (Å²) in [5.74, 6) is -2.86. The number of amides is 2. The molecule has 21 heteroatoms. The third-order valence-electron chi connectivity index (χ3n) is 7.33. The van der Waals surface area contributed by atoms with E-state index in [0.29, 0.717) is 37.6 Å². The summed E-state index contributed by atoms with van der Waals surface area (Å²) < 4.78 is 54.6. The van der Waals surface area contributed by atoms with Crippen LogP contribution in [0.5, 0.6) is 0 Å². The topological polar surface area (TPSA) is 242 Å². The smallest absolute Gasteiger partial charge is 0.407 e. The first kappa shape index (κ1) is 44.0. The second-order valence-electron chi connectivity index (χ2n) is 11.5. The maximum atomic E-state index is 12.3. The number of likely N-dealkylation sites (N-methyl/N-ethyl adjacent to an activating group) is 1. The molecular weight excluding hydrogens is 731 g/mol. The first-order valence-corrected chi connectivity index (χ1v) is 19.3. The number of aliphatic carboxylic acids is 2. The summed E-state index contributed by atoms with van der Waals surface area (Å²) >= 11 is 0. The summed E-state index contributed by atoms with van der Waals surface area (Å²) in [6.45, 7) is 1.08. The number of rotatable bonds is 16. The Bertz CT molecular complexity index is 1360. The standard InChI is InChI=1S/C28H46N6O12S2.Mn/c1-32-11-13-33(23(25(35)36)7-9-29-27(39)45-15-17-47(2,41)42)19-21-5-4-6-22(31-21)20-34(14-12-32)24(26(37)38)8-10-30-28(40)46-16-18-48(3,43)44;/h4-6,23-24H,7-20H2,1-3H3,(H,29,39)(H,30,40)(H,35,36)(H,37,38);. The number of carbonyl (C=O) groups is 4. The second-order valence-corrected chi connectivity index (χ2v) is 16.1. The van der Waals surface area contributed by atoms with Crippen LogP contribution in [0.25, 0.3) is 0 Å². The van der Waals surface area contributed by atoms with E-state index in [0.717, 1.165) is 12.5 Å². The van der Waals surface area contributed by atoms with Gasteiger partial charge in [0.1, 0.15) is 25.3 Å². The minimum Gasteiger partial charge on any atom is -0.480 e. The molecule has 1 aromatic rings. The minimum absolute atomic E-state index is 0. The van der Waals surface area contributed by atoms with E-state index in [1.165, 1.54) is 0 Å². The third-order valence-corrected chi connectivity index (χ3v) is 9.15. The van der Waals surface area contributed by atoms with E-state index in [1.807, 2.05) is 11.9 Å². The zero-order chi connectivity index (χ0) is 35.9. The van der Waals surface area contributed by atoms with Gasteiger partial charge in [0.2, 0.25) is 0 Å². The van der Waals surface area contributed by atoms with Crippen LogP contribution in [0, 0.1) is 0 Å². The maximum Gasteiger partial charge on any atom is 0.407 e. The van der Waals surface area contributed by atoms with Crippen molar-refractivity contribution in [2.75, 3.05) is 83.5 Å². The number of fused-ring (bicyclic) bond motifs is 2. The van der Waals surface area contributed by atoms with Crippen molar-refractivity contribution >= 4 is 43.8 Å². The van der Waals surface area contributed by atoms with Crippen molar-refractivity contribution in [1.82, 2.24) is 30.3 Å². The van der Waals surface area contributed by atoms with Gasteiger partial charge in [-0.2, -0.15) is 0 Å². The predicted molar refractivity (Wildman–Crippen MR) is 173 cm³/mol. The summed E-state index contributed by atoms with van der Waals surface area (Å²) in [5, 5.41) is 25.1. The summed E-state index contributed by atoms with van der Waals surface area (Å²) in [7, 11) is -4.79. The van der Waals surface area contributed by atoms with Crippen LogP contribution >= 0.6 is 0 Å². The van der Waals surface area contributed by atoms with E-state index in [2.05, 4.69) is 15.6 Å². The number of carboxylic acids is 2. The molecule has 0 saturated heterocycles. The van der Waals surface area contributed by atoms with E-state index < -0.39 is 55.9 Å². The van der Waals surface area contributed by atoms with Crippen LogP contribution in [0.15, 0.2) is 18.2 Å². The average Bonchev–Trinajstić information content (AvgIpc) is 2.96. The molecule has 1 aliphatic heterocycles. The molecule has 0 spiro atoms. The number of sulfone groups is 2. The molecule has 1 radical (unpaired) electrons. The first-order valence-electron chi connectivity index (χ1n) is 15.2. The van der Waals surface area contributed by atoms with Crippen LogP contribution in [-0.2, 0) is 68.9 Å². The number of aromatic nitrogens is 1. The fourth-order valence-electron chi connectivity index (χ4n) is 4.74. The molecule has 2 atom stereocenters. The fourth-order valence-corrected chi connectivity index (χ4v) is 5.51. The Morgan fingerprint density at radius 2 is 1.16 bits per heavy atom. The molecule has 2 amide bonds. The molecule has 0 fully saturated rings. The molecule has 0 aliphatic carbocycles. The molecule has 4 N–H and O–H groups in total. The Hall–Kier alpha value is -3.07. The molecule has 279 valence electrons. The SMILES string of the molecule is CN1CCN(C(CCNC(=O)OCCS(C)(=O)=O)C(=O)O)Cc2cccc(n2)CN(C(CCNC(=O)OCCS(C)(=O)=O)C(=O)O)CC1.[Mn]. The van der Waals surface area contributed by atoms with E-state index in [9.17, 15) is 46.2 Å². The van der Waals surface area contributed by atoms with Crippen LogP contribution in [0.3, 0.4) is 0 Å². The molecule has 1 aliphatic rings. The number of ether oxygens (including phenoxy) is 2. The normalized spacial score (nSPS) is 16.5. The molecule has 0 saturated carbocycles. The van der Waals surface area contributed by atoms with Crippen molar-refractivity contribution in [3.8, 4) is 0 Å². The minimum atomic E-state index is -3.31. The summed E-state index contributed by atoms with van der Waals surface area (Å²) in [5.41, 5.74) is 1.11. The number of carbonyl (C=O) groups excluding carboxylic acids is 2. The Morgan fingerprint density at radius 1 is 0.776 bits per heavy atom. The molecule has 2 rings (SSSR count). The van der Waals surface area contributed by atoms with Gasteiger partial charge < -0.3 is 35.2 Å². The molecular formula is C28H46MnN6O12S2. The number of alkyl carbamates (subject to hydrolysis) is 2. The third kappa shape index (κ3) is 18.5. The number of carboxylic acid groups (broad SMARTS) is 2. The van der Waals surface area contributed by atoms with Gasteiger partial charge in [-0.25, -0.2) is 26.4 Å². The van der Waals surface area contributed by atoms with Gasteiger partial charge in [-0.05, 0) is 32.0 Å². The van der Waals surface area contributed by atoms with Gasteiger partial charge in [0.15, 0.2) is 19.7 Å². The molecule has 1 aromatic heterocycles. The summed E-state index contributed by atoms with van der Waals surface area (Å²) in [6, 6.07) is 3.23. The van der Waals surface area contributed by atoms with Crippen LogP contribution < -0.4 is 10.6 Å². The average molecular weight is 778 g/mol. The number of pyridine rings is 1. The Kier molecular flexibility index (Phi) is 19.0. The number of hydrogen-bond acceptors (Lipinski definition) is 14. The maximum absolute atomic E-state index is 12.3. The summed E-state index contributed by atoms with van der Waals surface area (Å²) in [4.78, 5) is 58.7. The van der Waals surface area contributed by atoms with Crippen molar-refractivity contribution in [2.24, 2.45) is 0 Å². The van der Waals surface area contributed by atoms with Crippen molar-refractivity contribution in [2.45, 2.75) is 38.0 Å². The predicted octanol–water partition coefficient (Wildman–Crippen LogP) is -1.14. The van der Waals surface area contributed by atoms with E-state index in [-0.39, 0.29) is 80.8 Å². The zero-order valence-electron chi connectivity index (χ0n) is 27.7. The summed E-state index contributed by atoms with van der Waals surface area (Å²) in [6.07, 6.45) is 0.404. The van der Waals surface area contributed by atoms with Crippen LogP contribution in [0.2, 0.25) is 0 Å². The molecule has 0 aromatic carbocycles. The van der Waals surface area contributed by atoms with Gasteiger partial charge in [-0.1, -0.05) is 6.07 Å². The Morgan fingerprint density at radius 3 is 1.51 bits per heavy atom. The molecule has 2 heterocycles. The quantitative estimate of drug-likeness (QED) is 0.145. The van der Waals surface area contributed by atoms with Crippen molar-refractivity contribution in [3.05, 3.63) is 29.6 Å². The molecule has 49 heavy (non-hydrogen) atoms. The van der Waals surface area contributed by atoms with Gasteiger partial charge in [0.25, 0.3) is 0 Å². The van der Waals surface area contributed by atoms with Gasteiger partial charge >= 0.3 is 24.1 Å². The van der Waals surface area contributed by atoms with Crippen LogP contribution in [0.4, 0.5) is 9.59 Å². The molecule has 18 nitrogen and oxygen atoms in total. The monoisotopic (exact) mass is 777 g/mol. The molecule has 2 bridgehead atoms. The van der Waals surface area contributed by atoms with Crippen molar-refractivity contribution in [3.63, 3.8) is 0 Å². The van der Waals surface area contributed by atoms with E-state index in [4.69, 9.17) is 9.47 Å². The van der Waals surface area contributed by atoms with E-state index >= 15 is 0 Å². The first-order chi connectivity index (χ1) is 22.4. The van der Waals surface area contributed by atoms with Gasteiger partial charge in [0.05, 0.1) is 22.9 Å². The Balaban J connectivity index is 0.0000120. The van der Waals surface area contributed by atoms with Crippen molar-refractivity contribution < 1.29 is 72.8 Å². The fraction of sp³-hybridized carbons (Fsp3) is 0.679. The van der Waals surface area contributed by atoms with E-state index in [1.54, 1.807) is 28.0 Å². The zero-order valence-corrected chi connectivity index (χ0v) is 30.6. The number of nitrogens with zero attached hydrogens (tertiary/aromatic N) is 4. The van der Waals surface area contributed by atoms with Crippen molar-refractivity contribution in [1.29, 1.82) is 0 Å². The van der Waals surface area contributed by atoms with Gasteiger partial charge in [-0.3, -0.25) is 24.4 Å². The number of hydrogen-bond donors (Lipinski definition) is 4. The number of nitrogens with one attached hydrogen (secondary N) is 2. The largest absolute Gasteiger partial charge is 0.480 e.